The largest absolute Gasteiger partial charge is 0.395 e. The van der Waals surface area contributed by atoms with Gasteiger partial charge in [0.15, 0.2) is 0 Å². The average molecular weight is 307 g/mol. The lowest BCUT2D eigenvalue weighted by atomic mass is 10.1. The summed E-state index contributed by atoms with van der Waals surface area (Å²) >= 11 is 0. The summed E-state index contributed by atoms with van der Waals surface area (Å²) in [4.78, 5) is 6.74. The first-order valence-corrected chi connectivity index (χ1v) is 8.11. The molecule has 5 heteroatoms. The molecule has 1 saturated heterocycles. The molecule has 1 heterocycles. The predicted octanol–water partition coefficient (Wildman–Crippen LogP) is 0.786. The first-order valence-electron chi connectivity index (χ1n) is 8.11. The van der Waals surface area contributed by atoms with Gasteiger partial charge in [-0.15, -0.1) is 0 Å². The van der Waals surface area contributed by atoms with Crippen molar-refractivity contribution in [2.75, 3.05) is 64.9 Å². The zero-order valence-corrected chi connectivity index (χ0v) is 13.8. The van der Waals surface area contributed by atoms with Crippen molar-refractivity contribution in [1.29, 1.82) is 0 Å². The number of hydrogen-bond acceptors (Lipinski definition) is 5. The van der Waals surface area contributed by atoms with Crippen LogP contribution in [0, 0.1) is 0 Å². The number of nitrogens with zero attached hydrogens (tertiary/aromatic N) is 3. The summed E-state index contributed by atoms with van der Waals surface area (Å²) in [7, 11) is 4.03. The van der Waals surface area contributed by atoms with Crippen LogP contribution in [0.3, 0.4) is 0 Å². The number of benzene rings is 1. The topological polar surface area (TPSA) is 50.2 Å². The number of rotatable bonds is 7. The molecule has 0 amide bonds. The van der Waals surface area contributed by atoms with Crippen LogP contribution in [-0.4, -0.2) is 80.0 Å². The molecule has 1 aromatic rings. The lowest BCUT2D eigenvalue weighted by Crippen LogP contribution is -2.47. The molecule has 1 aromatic carbocycles. The van der Waals surface area contributed by atoms with Crippen molar-refractivity contribution in [3.05, 3.63) is 29.8 Å². The van der Waals surface area contributed by atoms with Gasteiger partial charge in [-0.05, 0) is 24.1 Å². The van der Waals surface area contributed by atoms with Crippen LogP contribution in [0.4, 0.5) is 5.69 Å². The second-order valence-corrected chi connectivity index (χ2v) is 6.20. The molecule has 0 aliphatic carbocycles. The minimum atomic E-state index is -0.397. The monoisotopic (exact) mass is 307 g/mol. The number of aliphatic hydroxyl groups excluding tert-OH is 2. The second-order valence-electron chi connectivity index (χ2n) is 6.20. The van der Waals surface area contributed by atoms with Crippen LogP contribution in [-0.2, 0) is 0 Å². The van der Waals surface area contributed by atoms with Crippen LogP contribution < -0.4 is 4.90 Å². The van der Waals surface area contributed by atoms with Crippen molar-refractivity contribution < 1.29 is 10.2 Å². The lowest BCUT2D eigenvalue weighted by molar-refractivity contribution is 0.0924. The minimum Gasteiger partial charge on any atom is -0.395 e. The van der Waals surface area contributed by atoms with Crippen LogP contribution in [0.1, 0.15) is 18.1 Å². The van der Waals surface area contributed by atoms with Gasteiger partial charge in [0.2, 0.25) is 0 Å². The molecule has 124 valence electrons. The third-order valence-electron chi connectivity index (χ3n) is 4.39. The number of hydrogen-bond donors (Lipinski definition) is 2. The summed E-state index contributed by atoms with van der Waals surface area (Å²) in [5.41, 5.74) is 2.14. The fourth-order valence-electron chi connectivity index (χ4n) is 2.84. The van der Waals surface area contributed by atoms with Crippen molar-refractivity contribution in [1.82, 2.24) is 9.80 Å². The molecule has 2 N–H and O–H groups in total. The van der Waals surface area contributed by atoms with Crippen molar-refractivity contribution in [2.45, 2.75) is 12.5 Å². The molecule has 1 aliphatic heterocycles. The Labute approximate surface area is 133 Å². The molecule has 0 saturated carbocycles. The maximum Gasteiger partial charge on any atom is 0.0802 e. The molecule has 1 aliphatic rings. The maximum atomic E-state index is 10.3. The minimum absolute atomic E-state index is 0.238. The van der Waals surface area contributed by atoms with Gasteiger partial charge < -0.3 is 20.0 Å². The summed E-state index contributed by atoms with van der Waals surface area (Å²) < 4.78 is 0. The van der Waals surface area contributed by atoms with Gasteiger partial charge in [0.25, 0.3) is 0 Å². The Hall–Kier alpha value is -1.14. The predicted molar refractivity (Wildman–Crippen MR) is 90.3 cm³/mol. The van der Waals surface area contributed by atoms with Crippen LogP contribution in [0.5, 0.6) is 0 Å². The van der Waals surface area contributed by atoms with Gasteiger partial charge in [-0.25, -0.2) is 0 Å². The quantitative estimate of drug-likeness (QED) is 0.780. The number of aliphatic hydroxyl groups is 2. The molecule has 22 heavy (non-hydrogen) atoms. The van der Waals surface area contributed by atoms with Gasteiger partial charge in [0, 0.05) is 59.1 Å². The van der Waals surface area contributed by atoms with Gasteiger partial charge in [-0.1, -0.05) is 12.1 Å². The average Bonchev–Trinajstić information content (AvgIpc) is 2.54. The Morgan fingerprint density at radius 3 is 2.05 bits per heavy atom. The van der Waals surface area contributed by atoms with E-state index in [1.54, 1.807) is 0 Å². The van der Waals surface area contributed by atoms with Gasteiger partial charge in [-0.3, -0.25) is 4.90 Å². The van der Waals surface area contributed by atoms with E-state index in [0.717, 1.165) is 56.9 Å². The van der Waals surface area contributed by atoms with E-state index in [0.29, 0.717) is 0 Å². The highest BCUT2D eigenvalue weighted by Crippen LogP contribution is 2.20. The van der Waals surface area contributed by atoms with E-state index in [1.807, 2.05) is 38.4 Å². The second kappa shape index (κ2) is 8.48. The van der Waals surface area contributed by atoms with Gasteiger partial charge >= 0.3 is 0 Å². The Balaban J connectivity index is 1.74. The van der Waals surface area contributed by atoms with Crippen LogP contribution in [0.2, 0.25) is 0 Å². The Bertz CT molecular complexity index is 428. The fourth-order valence-corrected chi connectivity index (χ4v) is 2.84. The lowest BCUT2D eigenvalue weighted by Gasteiger charge is -2.34. The molecule has 0 radical (unpaired) electrons. The first-order chi connectivity index (χ1) is 10.6. The van der Waals surface area contributed by atoms with E-state index in [4.69, 9.17) is 5.11 Å². The zero-order valence-electron chi connectivity index (χ0n) is 13.8. The van der Waals surface area contributed by atoms with E-state index < -0.39 is 6.10 Å². The highest BCUT2D eigenvalue weighted by molar-refractivity contribution is 5.46. The van der Waals surface area contributed by atoms with E-state index >= 15 is 0 Å². The molecule has 0 spiro atoms. The Kier molecular flexibility index (Phi) is 6.64. The fraction of sp³-hybridized carbons (Fsp3) is 0.647. The van der Waals surface area contributed by atoms with Gasteiger partial charge in [0.05, 0.1) is 12.7 Å². The van der Waals surface area contributed by atoms with Gasteiger partial charge in [0.1, 0.15) is 0 Å². The van der Waals surface area contributed by atoms with E-state index in [-0.39, 0.29) is 6.61 Å². The van der Waals surface area contributed by atoms with Crippen molar-refractivity contribution >= 4 is 5.69 Å². The third kappa shape index (κ3) is 4.95. The first kappa shape index (κ1) is 17.2. The third-order valence-corrected chi connectivity index (χ3v) is 4.39. The smallest absolute Gasteiger partial charge is 0.0802 e. The number of piperazine rings is 1. The van der Waals surface area contributed by atoms with E-state index in [9.17, 15) is 5.11 Å². The molecule has 1 unspecified atom stereocenters. The van der Waals surface area contributed by atoms with Crippen LogP contribution in [0.25, 0.3) is 0 Å². The molecular weight excluding hydrogens is 278 g/mol. The van der Waals surface area contributed by atoms with Crippen molar-refractivity contribution in [3.8, 4) is 0 Å². The zero-order chi connectivity index (χ0) is 15.9. The molecule has 5 nitrogen and oxygen atoms in total. The summed E-state index contributed by atoms with van der Waals surface area (Å²) in [6.07, 6.45) is 0.369. The number of β-amino-alcohol motifs (C(OH)–C–C–N with tert-alkyl or cyclic N) is 1. The summed E-state index contributed by atoms with van der Waals surface area (Å²) in [6, 6.07) is 8.12. The Morgan fingerprint density at radius 2 is 1.55 bits per heavy atom. The SMILES string of the molecule is CN(C)c1ccc(C(O)CCN2CCN(CCO)CC2)cc1. The standard InChI is InChI=1S/C17H29N3O2/c1-18(2)16-5-3-15(4-6-16)17(22)7-8-19-9-11-20(12-10-19)13-14-21/h3-6,17,21-22H,7-14H2,1-2H3. The van der Waals surface area contributed by atoms with Crippen LogP contribution >= 0.6 is 0 Å². The molecule has 0 bridgehead atoms. The van der Waals surface area contributed by atoms with Crippen LogP contribution in [0.15, 0.2) is 24.3 Å². The molecule has 1 fully saturated rings. The molecule has 2 rings (SSSR count). The molecule has 0 aromatic heterocycles. The normalized spacial score (nSPS) is 18.4. The highest BCUT2D eigenvalue weighted by Gasteiger charge is 2.17. The van der Waals surface area contributed by atoms with E-state index in [2.05, 4.69) is 14.7 Å². The molecule has 1 atom stereocenters. The summed E-state index contributed by atoms with van der Waals surface area (Å²) in [5.74, 6) is 0. The van der Waals surface area contributed by atoms with Crippen molar-refractivity contribution in [3.63, 3.8) is 0 Å². The van der Waals surface area contributed by atoms with Crippen molar-refractivity contribution in [2.24, 2.45) is 0 Å². The summed E-state index contributed by atoms with van der Waals surface area (Å²) in [5, 5.41) is 19.3. The summed E-state index contributed by atoms with van der Waals surface area (Å²) in [6.45, 7) is 5.99. The number of anilines is 1. The van der Waals surface area contributed by atoms with Gasteiger partial charge in [-0.2, -0.15) is 0 Å². The molecular formula is C17H29N3O2. The maximum absolute atomic E-state index is 10.3. The highest BCUT2D eigenvalue weighted by atomic mass is 16.3. The Morgan fingerprint density at radius 1 is 1.00 bits per heavy atom. The van der Waals surface area contributed by atoms with E-state index in [1.165, 1.54) is 0 Å².